The highest BCUT2D eigenvalue weighted by Crippen LogP contribution is 2.24. The molecule has 1 aliphatic heterocycles. The molecule has 27 heavy (non-hydrogen) atoms. The summed E-state index contributed by atoms with van der Waals surface area (Å²) in [5, 5.41) is 13.3. The van der Waals surface area contributed by atoms with E-state index in [4.69, 9.17) is 9.47 Å². The molecule has 7 heteroatoms. The van der Waals surface area contributed by atoms with Crippen molar-refractivity contribution in [2.45, 2.75) is 12.6 Å². The third kappa shape index (κ3) is 4.15. The van der Waals surface area contributed by atoms with Crippen molar-refractivity contribution in [1.29, 1.82) is 0 Å². The summed E-state index contributed by atoms with van der Waals surface area (Å²) in [7, 11) is 3.90. The highest BCUT2D eigenvalue weighted by atomic mass is 16.6. The number of hydrogen-bond acceptors (Lipinski definition) is 6. The molecule has 3 heterocycles. The van der Waals surface area contributed by atoms with Gasteiger partial charge in [-0.3, -0.25) is 4.68 Å². The molecule has 3 aromatic rings. The molecule has 1 saturated heterocycles. The SMILES string of the molecule is CN(C)c1ccc(-c2cccc(-c3ccn(CC4COCCO4)n3)c2)nn1. The Hall–Kier alpha value is -2.77. The van der Waals surface area contributed by atoms with Crippen LogP contribution >= 0.6 is 0 Å². The summed E-state index contributed by atoms with van der Waals surface area (Å²) < 4.78 is 13.1. The van der Waals surface area contributed by atoms with E-state index in [1.807, 2.05) is 60.2 Å². The summed E-state index contributed by atoms with van der Waals surface area (Å²) in [5.41, 5.74) is 3.83. The summed E-state index contributed by atoms with van der Waals surface area (Å²) in [4.78, 5) is 1.93. The van der Waals surface area contributed by atoms with Gasteiger partial charge in [-0.25, -0.2) is 0 Å². The predicted molar refractivity (Wildman–Crippen MR) is 104 cm³/mol. The maximum atomic E-state index is 5.70. The maximum absolute atomic E-state index is 5.70. The van der Waals surface area contributed by atoms with Crippen molar-refractivity contribution >= 4 is 5.82 Å². The minimum atomic E-state index is 0.0586. The first-order valence-corrected chi connectivity index (χ1v) is 9.04. The fourth-order valence-electron chi connectivity index (χ4n) is 3.02. The average Bonchev–Trinajstić information content (AvgIpc) is 3.17. The number of ether oxygens (including phenoxy) is 2. The van der Waals surface area contributed by atoms with Crippen molar-refractivity contribution in [1.82, 2.24) is 20.0 Å². The van der Waals surface area contributed by atoms with Crippen molar-refractivity contribution in [3.63, 3.8) is 0 Å². The third-order valence-electron chi connectivity index (χ3n) is 4.48. The first-order chi connectivity index (χ1) is 13.2. The van der Waals surface area contributed by atoms with Crippen LogP contribution in [0, 0.1) is 0 Å². The highest BCUT2D eigenvalue weighted by molar-refractivity contribution is 5.69. The van der Waals surface area contributed by atoms with E-state index in [-0.39, 0.29) is 6.10 Å². The Morgan fingerprint density at radius 2 is 1.89 bits per heavy atom. The number of hydrogen-bond donors (Lipinski definition) is 0. The first-order valence-electron chi connectivity index (χ1n) is 9.04. The smallest absolute Gasteiger partial charge is 0.150 e. The first kappa shape index (κ1) is 17.6. The van der Waals surface area contributed by atoms with Gasteiger partial charge in [0.2, 0.25) is 0 Å². The fourth-order valence-corrected chi connectivity index (χ4v) is 3.02. The van der Waals surface area contributed by atoms with Crippen LogP contribution in [-0.2, 0) is 16.0 Å². The van der Waals surface area contributed by atoms with Crippen LogP contribution < -0.4 is 4.90 Å². The minimum absolute atomic E-state index is 0.0586. The molecule has 0 radical (unpaired) electrons. The molecule has 7 nitrogen and oxygen atoms in total. The van der Waals surface area contributed by atoms with Gasteiger partial charge in [0, 0.05) is 31.4 Å². The molecule has 1 unspecified atom stereocenters. The quantitative estimate of drug-likeness (QED) is 0.692. The molecule has 2 aromatic heterocycles. The van der Waals surface area contributed by atoms with Crippen molar-refractivity contribution in [2.24, 2.45) is 0 Å². The molecule has 0 bridgehead atoms. The van der Waals surface area contributed by atoms with E-state index in [0.717, 1.165) is 28.3 Å². The van der Waals surface area contributed by atoms with Crippen LogP contribution in [0.25, 0.3) is 22.5 Å². The second kappa shape index (κ2) is 7.85. The van der Waals surface area contributed by atoms with Gasteiger partial charge < -0.3 is 14.4 Å². The van der Waals surface area contributed by atoms with Crippen LogP contribution in [0.1, 0.15) is 0 Å². The van der Waals surface area contributed by atoms with Crippen molar-refractivity contribution < 1.29 is 9.47 Å². The van der Waals surface area contributed by atoms with Gasteiger partial charge in [-0.1, -0.05) is 18.2 Å². The molecule has 140 valence electrons. The normalized spacial score (nSPS) is 17.0. The van der Waals surface area contributed by atoms with Crippen molar-refractivity contribution in [3.05, 3.63) is 48.7 Å². The van der Waals surface area contributed by atoms with Crippen molar-refractivity contribution in [2.75, 3.05) is 38.8 Å². The summed E-state index contributed by atoms with van der Waals surface area (Å²) in [6, 6.07) is 14.2. The second-order valence-corrected chi connectivity index (χ2v) is 6.74. The number of nitrogens with zero attached hydrogens (tertiary/aromatic N) is 5. The Morgan fingerprint density at radius 1 is 1.04 bits per heavy atom. The summed E-state index contributed by atoms with van der Waals surface area (Å²) in [5.74, 6) is 0.836. The van der Waals surface area contributed by atoms with Gasteiger partial charge in [0.05, 0.1) is 37.8 Å². The Balaban J connectivity index is 1.52. The lowest BCUT2D eigenvalue weighted by molar-refractivity contribution is -0.0946. The van der Waals surface area contributed by atoms with Gasteiger partial charge in [-0.05, 0) is 24.3 Å². The molecule has 4 rings (SSSR count). The molecular weight excluding hydrogens is 342 g/mol. The summed E-state index contributed by atoms with van der Waals surface area (Å²) in [6.45, 7) is 2.63. The number of benzene rings is 1. The second-order valence-electron chi connectivity index (χ2n) is 6.74. The van der Waals surface area contributed by atoms with E-state index in [2.05, 4.69) is 27.4 Å². The molecule has 1 atom stereocenters. The van der Waals surface area contributed by atoms with Crippen LogP contribution in [0.5, 0.6) is 0 Å². The van der Waals surface area contributed by atoms with Gasteiger partial charge >= 0.3 is 0 Å². The highest BCUT2D eigenvalue weighted by Gasteiger charge is 2.15. The van der Waals surface area contributed by atoms with Crippen molar-refractivity contribution in [3.8, 4) is 22.5 Å². The lowest BCUT2D eigenvalue weighted by Crippen LogP contribution is -2.32. The van der Waals surface area contributed by atoms with Crippen LogP contribution in [0.2, 0.25) is 0 Å². The monoisotopic (exact) mass is 365 g/mol. The summed E-state index contributed by atoms with van der Waals surface area (Å²) in [6.07, 6.45) is 2.04. The van der Waals surface area contributed by atoms with Gasteiger partial charge in [-0.2, -0.15) is 5.10 Å². The molecular formula is C20H23N5O2. The molecule has 0 amide bonds. The Labute approximate surface area is 158 Å². The topological polar surface area (TPSA) is 65.3 Å². The number of anilines is 1. The Kier molecular flexibility index (Phi) is 5.13. The lowest BCUT2D eigenvalue weighted by Gasteiger charge is -2.22. The zero-order valence-corrected chi connectivity index (χ0v) is 15.6. The van der Waals surface area contributed by atoms with Gasteiger partial charge in [0.15, 0.2) is 5.82 Å². The molecule has 1 fully saturated rings. The fraction of sp³-hybridized carbons (Fsp3) is 0.350. The average molecular weight is 365 g/mol. The standard InChI is InChI=1S/C20H23N5O2/c1-24(2)20-7-6-18(21-22-20)15-4-3-5-16(12-15)19-8-9-25(23-19)13-17-14-26-10-11-27-17/h3-9,12,17H,10-11,13-14H2,1-2H3. The molecule has 0 spiro atoms. The lowest BCUT2D eigenvalue weighted by atomic mass is 10.1. The zero-order chi connectivity index (χ0) is 18.6. The van der Waals surface area contributed by atoms with Crippen LogP contribution in [0.4, 0.5) is 5.82 Å². The number of aromatic nitrogens is 4. The number of rotatable bonds is 5. The van der Waals surface area contributed by atoms with Crippen LogP contribution in [0.15, 0.2) is 48.7 Å². The van der Waals surface area contributed by atoms with E-state index in [1.54, 1.807) is 0 Å². The minimum Gasteiger partial charge on any atom is -0.376 e. The Bertz CT molecular complexity index is 885. The molecule has 0 N–H and O–H groups in total. The van der Waals surface area contributed by atoms with Gasteiger partial charge in [-0.15, -0.1) is 10.2 Å². The molecule has 0 saturated carbocycles. The zero-order valence-electron chi connectivity index (χ0n) is 15.6. The van der Waals surface area contributed by atoms with Crippen LogP contribution in [-0.4, -0.2) is 60.0 Å². The largest absolute Gasteiger partial charge is 0.376 e. The van der Waals surface area contributed by atoms with E-state index >= 15 is 0 Å². The molecule has 1 aliphatic rings. The van der Waals surface area contributed by atoms with E-state index < -0.39 is 0 Å². The van der Waals surface area contributed by atoms with E-state index in [1.165, 1.54) is 0 Å². The molecule has 0 aliphatic carbocycles. The van der Waals surface area contributed by atoms with E-state index in [0.29, 0.717) is 26.4 Å². The maximum Gasteiger partial charge on any atom is 0.150 e. The Morgan fingerprint density at radius 3 is 2.59 bits per heavy atom. The van der Waals surface area contributed by atoms with E-state index in [9.17, 15) is 0 Å². The third-order valence-corrected chi connectivity index (χ3v) is 4.48. The van der Waals surface area contributed by atoms with Crippen LogP contribution in [0.3, 0.4) is 0 Å². The van der Waals surface area contributed by atoms with Gasteiger partial charge in [0.1, 0.15) is 6.10 Å². The summed E-state index contributed by atoms with van der Waals surface area (Å²) >= 11 is 0. The molecule has 1 aromatic carbocycles. The predicted octanol–water partition coefficient (Wildman–Crippen LogP) is 2.49. The van der Waals surface area contributed by atoms with Gasteiger partial charge in [0.25, 0.3) is 0 Å².